The average Bonchev–Trinajstić information content (AvgIpc) is 2.88. The quantitative estimate of drug-likeness (QED) is 0.722. The lowest BCUT2D eigenvalue weighted by Gasteiger charge is -2.14. The summed E-state index contributed by atoms with van der Waals surface area (Å²) < 4.78 is 27.4. The van der Waals surface area contributed by atoms with E-state index in [0.29, 0.717) is 6.07 Å². The van der Waals surface area contributed by atoms with E-state index in [2.05, 4.69) is 10.3 Å². The second-order valence-electron chi connectivity index (χ2n) is 5.93. The summed E-state index contributed by atoms with van der Waals surface area (Å²) >= 11 is 0. The number of benzene rings is 2. The molecule has 0 aliphatic carbocycles. The van der Waals surface area contributed by atoms with Gasteiger partial charge in [-0.3, -0.25) is 24.3 Å². The van der Waals surface area contributed by atoms with Crippen molar-refractivity contribution in [1.29, 1.82) is 0 Å². The van der Waals surface area contributed by atoms with E-state index in [1.807, 2.05) is 0 Å². The molecule has 0 unspecified atom stereocenters. The average molecular weight is 367 g/mol. The smallest absolute Gasteiger partial charge is 0.262 e. The van der Waals surface area contributed by atoms with Crippen LogP contribution in [0.4, 0.5) is 14.5 Å². The Kier molecular flexibility index (Phi) is 3.88. The topological polar surface area (TPSA) is 79.4 Å². The molecule has 0 fully saturated rings. The first kappa shape index (κ1) is 16.8. The van der Waals surface area contributed by atoms with Gasteiger partial charge in [0.15, 0.2) is 5.82 Å². The van der Waals surface area contributed by atoms with E-state index in [4.69, 9.17) is 0 Å². The number of hydrogen-bond acceptors (Lipinski definition) is 4. The Morgan fingerprint density at radius 1 is 1.04 bits per heavy atom. The van der Waals surface area contributed by atoms with E-state index in [1.54, 1.807) is 12.1 Å². The van der Waals surface area contributed by atoms with Crippen molar-refractivity contribution in [3.05, 3.63) is 71.4 Å². The molecule has 0 atom stereocenters. The third-order valence-corrected chi connectivity index (χ3v) is 4.22. The number of pyridine rings is 1. The zero-order valence-corrected chi connectivity index (χ0v) is 13.7. The lowest BCUT2D eigenvalue weighted by molar-refractivity contribution is -0.116. The summed E-state index contributed by atoms with van der Waals surface area (Å²) in [4.78, 5) is 41.6. The van der Waals surface area contributed by atoms with Crippen LogP contribution in [-0.2, 0) is 4.79 Å². The molecule has 3 amide bonds. The summed E-state index contributed by atoms with van der Waals surface area (Å²) in [6.45, 7) is -0.520. The number of carbonyl (C=O) groups is 3. The van der Waals surface area contributed by atoms with Gasteiger partial charge >= 0.3 is 0 Å². The van der Waals surface area contributed by atoms with Crippen molar-refractivity contribution in [2.45, 2.75) is 0 Å². The number of rotatable bonds is 3. The van der Waals surface area contributed by atoms with E-state index in [0.717, 1.165) is 11.0 Å². The minimum Gasteiger partial charge on any atom is -0.324 e. The van der Waals surface area contributed by atoms with Gasteiger partial charge in [-0.05, 0) is 24.3 Å². The van der Waals surface area contributed by atoms with Gasteiger partial charge in [-0.2, -0.15) is 0 Å². The fourth-order valence-electron chi connectivity index (χ4n) is 3.00. The monoisotopic (exact) mass is 367 g/mol. The van der Waals surface area contributed by atoms with Gasteiger partial charge < -0.3 is 5.32 Å². The predicted molar refractivity (Wildman–Crippen MR) is 92.1 cm³/mol. The lowest BCUT2D eigenvalue weighted by Crippen LogP contribution is -2.37. The van der Waals surface area contributed by atoms with Crippen LogP contribution in [-0.4, -0.2) is 34.2 Å². The molecule has 2 heterocycles. The first-order chi connectivity index (χ1) is 13.0. The van der Waals surface area contributed by atoms with Crippen LogP contribution in [0, 0.1) is 11.6 Å². The molecular weight excluding hydrogens is 356 g/mol. The number of imide groups is 1. The molecule has 6 nitrogen and oxygen atoms in total. The zero-order chi connectivity index (χ0) is 19.1. The number of anilines is 1. The van der Waals surface area contributed by atoms with Gasteiger partial charge in [-0.25, -0.2) is 8.78 Å². The van der Waals surface area contributed by atoms with Crippen molar-refractivity contribution in [3.8, 4) is 0 Å². The third-order valence-electron chi connectivity index (χ3n) is 4.22. The zero-order valence-electron chi connectivity index (χ0n) is 13.7. The number of fused-ring (bicyclic) bond motifs is 2. The molecule has 8 heteroatoms. The van der Waals surface area contributed by atoms with Gasteiger partial charge in [0.2, 0.25) is 5.91 Å². The first-order valence-electron chi connectivity index (χ1n) is 7.94. The van der Waals surface area contributed by atoms with Gasteiger partial charge in [0.1, 0.15) is 17.9 Å². The highest BCUT2D eigenvalue weighted by molar-refractivity contribution is 6.22. The number of nitrogens with one attached hydrogen (secondary N) is 1. The first-order valence-corrected chi connectivity index (χ1v) is 7.94. The molecule has 1 aliphatic rings. The van der Waals surface area contributed by atoms with Gasteiger partial charge in [-0.1, -0.05) is 12.1 Å². The molecule has 134 valence electrons. The fraction of sp³-hybridized carbons (Fsp3) is 0.0526. The van der Waals surface area contributed by atoms with E-state index >= 15 is 0 Å². The summed E-state index contributed by atoms with van der Waals surface area (Å²) in [5.74, 6) is -3.49. The highest BCUT2D eigenvalue weighted by Crippen LogP contribution is 2.26. The molecule has 27 heavy (non-hydrogen) atoms. The van der Waals surface area contributed by atoms with Crippen molar-refractivity contribution >= 4 is 34.3 Å². The Labute approximate surface area is 151 Å². The van der Waals surface area contributed by atoms with E-state index in [9.17, 15) is 23.2 Å². The van der Waals surface area contributed by atoms with Crippen LogP contribution in [0.15, 0.2) is 48.7 Å². The molecule has 1 aliphatic heterocycles. The molecule has 0 saturated carbocycles. The minimum absolute atomic E-state index is 0.0747. The number of halogens is 2. The molecule has 1 N–H and O–H groups in total. The summed E-state index contributed by atoms with van der Waals surface area (Å²) in [5, 5.41) is 2.55. The Hall–Kier alpha value is -3.68. The van der Waals surface area contributed by atoms with Gasteiger partial charge in [-0.15, -0.1) is 0 Å². The summed E-state index contributed by atoms with van der Waals surface area (Å²) in [7, 11) is 0. The Morgan fingerprint density at radius 2 is 1.70 bits per heavy atom. The highest BCUT2D eigenvalue weighted by atomic mass is 19.1. The summed E-state index contributed by atoms with van der Waals surface area (Å²) in [6.07, 6.45) is 1.26. The summed E-state index contributed by atoms with van der Waals surface area (Å²) in [6, 6.07) is 9.38. The molecule has 0 spiro atoms. The second-order valence-corrected chi connectivity index (χ2v) is 5.93. The standard InChI is InChI=1S/C19H11F2N3O3/c20-10-7-13-15(5-6-22-17(13)14(21)8-10)23-16(25)9-24-18(26)11-3-1-2-4-12(11)19(24)27/h1-8H,9H2,(H,22,23,25). The van der Waals surface area contributed by atoms with Crippen molar-refractivity contribution in [1.82, 2.24) is 9.88 Å². The maximum absolute atomic E-state index is 13.8. The highest BCUT2D eigenvalue weighted by Gasteiger charge is 2.36. The van der Waals surface area contributed by atoms with Gasteiger partial charge in [0, 0.05) is 17.6 Å². The number of hydrogen-bond donors (Lipinski definition) is 1. The fourth-order valence-corrected chi connectivity index (χ4v) is 3.00. The van der Waals surface area contributed by atoms with Gasteiger partial charge in [0.05, 0.1) is 16.8 Å². The van der Waals surface area contributed by atoms with E-state index in [1.165, 1.54) is 24.4 Å². The normalized spacial score (nSPS) is 13.2. The molecule has 0 saturated heterocycles. The number of amides is 3. The summed E-state index contributed by atoms with van der Waals surface area (Å²) in [5.41, 5.74) is 0.484. The van der Waals surface area contributed by atoms with Crippen LogP contribution < -0.4 is 5.32 Å². The maximum Gasteiger partial charge on any atom is 0.262 e. The molecule has 0 bridgehead atoms. The van der Waals surface area contributed by atoms with Crippen LogP contribution in [0.25, 0.3) is 10.9 Å². The Morgan fingerprint density at radius 3 is 2.37 bits per heavy atom. The second kappa shape index (κ2) is 6.24. The van der Waals surface area contributed by atoms with Gasteiger partial charge in [0.25, 0.3) is 11.8 Å². The van der Waals surface area contributed by atoms with Crippen molar-refractivity contribution in [3.63, 3.8) is 0 Å². The van der Waals surface area contributed by atoms with E-state index in [-0.39, 0.29) is 27.7 Å². The van der Waals surface area contributed by atoms with Crippen molar-refractivity contribution in [2.75, 3.05) is 11.9 Å². The number of nitrogens with zero attached hydrogens (tertiary/aromatic N) is 2. The molecule has 0 radical (unpaired) electrons. The predicted octanol–water partition coefficient (Wildman–Crippen LogP) is 2.75. The Bertz CT molecular complexity index is 1100. The van der Waals surface area contributed by atoms with Crippen LogP contribution in [0.3, 0.4) is 0 Å². The largest absolute Gasteiger partial charge is 0.324 e. The van der Waals surface area contributed by atoms with Crippen molar-refractivity contribution < 1.29 is 23.2 Å². The van der Waals surface area contributed by atoms with Crippen LogP contribution >= 0.6 is 0 Å². The third kappa shape index (κ3) is 2.80. The minimum atomic E-state index is -0.860. The SMILES string of the molecule is O=C(CN1C(=O)c2ccccc2C1=O)Nc1ccnc2c(F)cc(F)cc12. The lowest BCUT2D eigenvalue weighted by atomic mass is 10.1. The molecule has 1 aromatic heterocycles. The van der Waals surface area contributed by atoms with E-state index < -0.39 is 35.9 Å². The molecule has 2 aromatic carbocycles. The molecule has 3 aromatic rings. The molecular formula is C19H11F2N3O3. The van der Waals surface area contributed by atoms with Crippen LogP contribution in [0.5, 0.6) is 0 Å². The Balaban J connectivity index is 1.59. The molecule has 4 rings (SSSR count). The van der Waals surface area contributed by atoms with Crippen LogP contribution in [0.1, 0.15) is 20.7 Å². The number of carbonyl (C=O) groups excluding carboxylic acids is 3. The number of aromatic nitrogens is 1. The van der Waals surface area contributed by atoms with Crippen molar-refractivity contribution in [2.24, 2.45) is 0 Å². The van der Waals surface area contributed by atoms with Crippen LogP contribution in [0.2, 0.25) is 0 Å². The maximum atomic E-state index is 13.8.